The average molecular weight is 276 g/mol. The minimum atomic E-state index is 0.197. The fourth-order valence-electron chi connectivity index (χ4n) is 2.91. The summed E-state index contributed by atoms with van der Waals surface area (Å²) < 4.78 is 2.06. The predicted octanol–water partition coefficient (Wildman–Crippen LogP) is 2.65. The number of nitrogens with zero attached hydrogens (tertiary/aromatic N) is 3. The minimum absolute atomic E-state index is 0.197. The first-order valence-corrected chi connectivity index (χ1v) is 7.17. The van der Waals surface area contributed by atoms with Crippen molar-refractivity contribution in [1.29, 1.82) is 0 Å². The van der Waals surface area contributed by atoms with Gasteiger partial charge in [0.25, 0.3) is 0 Å². The first-order valence-electron chi connectivity index (χ1n) is 7.17. The lowest BCUT2D eigenvalue weighted by Crippen LogP contribution is -2.30. The van der Waals surface area contributed by atoms with E-state index in [1.807, 2.05) is 18.2 Å². The number of nitrogens with one attached hydrogen (secondary N) is 1. The van der Waals surface area contributed by atoms with E-state index in [2.05, 4.69) is 56.5 Å². The van der Waals surface area contributed by atoms with Gasteiger partial charge in [-0.3, -0.25) is 4.57 Å². The third-order valence-corrected chi connectivity index (χ3v) is 4.00. The summed E-state index contributed by atoms with van der Waals surface area (Å²) in [7, 11) is 0. The second-order valence-electron chi connectivity index (χ2n) is 5.30. The van der Waals surface area contributed by atoms with Crippen LogP contribution in [0.25, 0.3) is 5.69 Å². The summed E-state index contributed by atoms with van der Waals surface area (Å²) >= 11 is 0. The summed E-state index contributed by atoms with van der Waals surface area (Å²) in [6.45, 7) is 0.877. The first kappa shape index (κ1) is 12.3. The summed E-state index contributed by atoms with van der Waals surface area (Å²) in [4.78, 5) is 0. The normalized spacial score (nSPS) is 17.4. The minimum Gasteiger partial charge on any atom is -0.303 e. The van der Waals surface area contributed by atoms with E-state index in [0.29, 0.717) is 0 Å². The van der Waals surface area contributed by atoms with Crippen LogP contribution in [0.1, 0.15) is 23.0 Å². The molecule has 1 aromatic heterocycles. The summed E-state index contributed by atoms with van der Waals surface area (Å²) in [5.41, 5.74) is 3.86. The van der Waals surface area contributed by atoms with Gasteiger partial charge in [-0.2, -0.15) is 0 Å². The van der Waals surface area contributed by atoms with Gasteiger partial charge in [0.2, 0.25) is 0 Å². The maximum Gasteiger partial charge on any atom is 0.154 e. The molecule has 0 amide bonds. The van der Waals surface area contributed by atoms with Crippen molar-refractivity contribution in [3.8, 4) is 5.69 Å². The maximum absolute atomic E-state index is 4.34. The van der Waals surface area contributed by atoms with Crippen LogP contribution < -0.4 is 5.32 Å². The van der Waals surface area contributed by atoms with E-state index in [1.54, 1.807) is 6.33 Å². The summed E-state index contributed by atoms with van der Waals surface area (Å²) in [6, 6.07) is 19.0. The molecule has 0 saturated carbocycles. The van der Waals surface area contributed by atoms with Crippen LogP contribution in [0.3, 0.4) is 0 Å². The third-order valence-electron chi connectivity index (χ3n) is 4.00. The topological polar surface area (TPSA) is 42.7 Å². The Morgan fingerprint density at radius 2 is 1.71 bits per heavy atom. The van der Waals surface area contributed by atoms with E-state index in [1.165, 1.54) is 11.1 Å². The van der Waals surface area contributed by atoms with E-state index >= 15 is 0 Å². The van der Waals surface area contributed by atoms with Crippen LogP contribution >= 0.6 is 0 Å². The van der Waals surface area contributed by atoms with E-state index in [0.717, 1.165) is 24.5 Å². The van der Waals surface area contributed by atoms with Crippen LogP contribution in [0.2, 0.25) is 0 Å². The second-order valence-corrected chi connectivity index (χ2v) is 5.30. The van der Waals surface area contributed by atoms with Gasteiger partial charge in [0.1, 0.15) is 6.33 Å². The molecular weight excluding hydrogens is 260 g/mol. The fourth-order valence-corrected chi connectivity index (χ4v) is 2.91. The quantitative estimate of drug-likeness (QED) is 0.782. The standard InChI is InChI=1S/C17H16N4/c1-2-8-15(9-3-1)21-12-19-20-17(21)16-10-13-6-4-5-7-14(13)11-18-16/h1-9,12,16,18H,10-11H2/t16-/m1/s1. The van der Waals surface area contributed by atoms with Crippen LogP contribution in [0.4, 0.5) is 0 Å². The predicted molar refractivity (Wildman–Crippen MR) is 81.1 cm³/mol. The molecule has 2 heterocycles. The highest BCUT2D eigenvalue weighted by atomic mass is 15.3. The summed E-state index contributed by atoms with van der Waals surface area (Å²) in [5, 5.41) is 12.0. The fraction of sp³-hybridized carbons (Fsp3) is 0.176. The number of benzene rings is 2. The Morgan fingerprint density at radius 3 is 2.57 bits per heavy atom. The van der Waals surface area contributed by atoms with Crippen molar-refractivity contribution in [3.05, 3.63) is 77.9 Å². The number of para-hydroxylation sites is 1. The number of hydrogen-bond acceptors (Lipinski definition) is 3. The molecule has 0 radical (unpaired) electrons. The molecule has 0 aliphatic carbocycles. The van der Waals surface area contributed by atoms with E-state index < -0.39 is 0 Å². The Kier molecular flexibility index (Phi) is 3.01. The SMILES string of the molecule is c1ccc(-n2cnnc2[C@H]2Cc3ccccc3CN2)cc1. The van der Waals surface area contributed by atoms with Gasteiger partial charge in [-0.1, -0.05) is 42.5 Å². The van der Waals surface area contributed by atoms with Gasteiger partial charge in [0.15, 0.2) is 5.82 Å². The number of fused-ring (bicyclic) bond motifs is 1. The molecule has 1 aliphatic heterocycles. The molecule has 4 rings (SSSR count). The highest BCUT2D eigenvalue weighted by Gasteiger charge is 2.23. The Hall–Kier alpha value is -2.46. The second kappa shape index (κ2) is 5.14. The van der Waals surface area contributed by atoms with Crippen LogP contribution in [-0.2, 0) is 13.0 Å². The Labute approximate surface area is 123 Å². The lowest BCUT2D eigenvalue weighted by molar-refractivity contribution is 0.470. The highest BCUT2D eigenvalue weighted by molar-refractivity contribution is 5.35. The molecule has 1 aliphatic rings. The third kappa shape index (κ3) is 2.23. The molecule has 0 fully saturated rings. The summed E-state index contributed by atoms with van der Waals surface area (Å²) in [6.07, 6.45) is 2.73. The zero-order chi connectivity index (χ0) is 14.1. The number of aromatic nitrogens is 3. The maximum atomic E-state index is 4.34. The van der Waals surface area contributed by atoms with Crippen LogP contribution in [0.5, 0.6) is 0 Å². The van der Waals surface area contributed by atoms with Crippen molar-refractivity contribution in [2.24, 2.45) is 0 Å². The summed E-state index contributed by atoms with van der Waals surface area (Å²) in [5.74, 6) is 0.968. The molecule has 3 aromatic rings. The van der Waals surface area contributed by atoms with E-state index in [9.17, 15) is 0 Å². The van der Waals surface area contributed by atoms with Gasteiger partial charge in [0, 0.05) is 12.2 Å². The molecule has 104 valence electrons. The zero-order valence-electron chi connectivity index (χ0n) is 11.6. The zero-order valence-corrected chi connectivity index (χ0v) is 11.6. The smallest absolute Gasteiger partial charge is 0.154 e. The monoisotopic (exact) mass is 276 g/mol. The Balaban J connectivity index is 1.69. The molecule has 21 heavy (non-hydrogen) atoms. The molecule has 0 bridgehead atoms. The molecule has 0 saturated heterocycles. The highest BCUT2D eigenvalue weighted by Crippen LogP contribution is 2.25. The first-order chi connectivity index (χ1) is 10.4. The van der Waals surface area contributed by atoms with Crippen molar-refractivity contribution in [3.63, 3.8) is 0 Å². The van der Waals surface area contributed by atoms with Gasteiger partial charge in [-0.05, 0) is 29.7 Å². The largest absolute Gasteiger partial charge is 0.303 e. The molecular formula is C17H16N4. The molecule has 0 spiro atoms. The van der Waals surface area contributed by atoms with Crippen molar-refractivity contribution >= 4 is 0 Å². The van der Waals surface area contributed by atoms with Gasteiger partial charge < -0.3 is 5.32 Å². The van der Waals surface area contributed by atoms with Crippen LogP contribution in [0, 0.1) is 0 Å². The van der Waals surface area contributed by atoms with Crippen molar-refractivity contribution in [2.45, 2.75) is 19.0 Å². The molecule has 2 aromatic carbocycles. The van der Waals surface area contributed by atoms with Gasteiger partial charge in [-0.15, -0.1) is 10.2 Å². The number of hydrogen-bond donors (Lipinski definition) is 1. The van der Waals surface area contributed by atoms with E-state index in [-0.39, 0.29) is 6.04 Å². The van der Waals surface area contributed by atoms with E-state index in [4.69, 9.17) is 0 Å². The molecule has 4 nitrogen and oxygen atoms in total. The van der Waals surface area contributed by atoms with Gasteiger partial charge in [0.05, 0.1) is 6.04 Å². The molecule has 0 unspecified atom stereocenters. The lowest BCUT2D eigenvalue weighted by atomic mass is 9.95. The Bertz CT molecular complexity index is 748. The van der Waals surface area contributed by atoms with Crippen molar-refractivity contribution in [2.75, 3.05) is 0 Å². The Morgan fingerprint density at radius 1 is 0.952 bits per heavy atom. The van der Waals surface area contributed by atoms with Crippen LogP contribution in [0.15, 0.2) is 60.9 Å². The molecule has 1 N–H and O–H groups in total. The van der Waals surface area contributed by atoms with Gasteiger partial charge in [-0.25, -0.2) is 0 Å². The van der Waals surface area contributed by atoms with Crippen molar-refractivity contribution < 1.29 is 0 Å². The van der Waals surface area contributed by atoms with Gasteiger partial charge >= 0.3 is 0 Å². The molecule has 4 heteroatoms. The lowest BCUT2D eigenvalue weighted by Gasteiger charge is -2.25. The van der Waals surface area contributed by atoms with Crippen LogP contribution in [-0.4, -0.2) is 14.8 Å². The molecule has 1 atom stereocenters. The average Bonchev–Trinajstić information content (AvgIpc) is 3.05. The number of rotatable bonds is 2. The van der Waals surface area contributed by atoms with Crippen molar-refractivity contribution in [1.82, 2.24) is 20.1 Å².